The fourth-order valence-corrected chi connectivity index (χ4v) is 7.07. The Morgan fingerprint density at radius 2 is 0.982 bits per heavy atom. The average Bonchev–Trinajstić information content (AvgIpc) is 3.15. The number of phosphoric ester groups is 1. The van der Waals surface area contributed by atoms with E-state index in [2.05, 4.69) is 38.2 Å². The lowest BCUT2D eigenvalue weighted by Gasteiger charge is -2.28. The standard InChI is InChI=1S/C46H88NO8P/c1-6-8-10-12-14-16-18-20-22-23-25-26-28-30-32-34-36-38-45(48)52-42-44(43-54-56(50,51)53-41-40-47(3,4)5)55-46(49)39-37-35-33-31-29-27-24-21-19-17-15-13-11-9-7-2/h25-26,30,32,44H,6-24,27-29,31,33-43H2,1-5H3/b26-25+,32-30+/t44-/m1/s1. The number of rotatable bonds is 42. The van der Waals surface area contributed by atoms with Gasteiger partial charge < -0.3 is 27.9 Å². The van der Waals surface area contributed by atoms with Gasteiger partial charge in [-0.3, -0.25) is 14.2 Å². The maximum absolute atomic E-state index is 12.7. The Bertz CT molecular complexity index is 1010. The summed E-state index contributed by atoms with van der Waals surface area (Å²) in [6.07, 6.45) is 42.1. The number of hydrogen-bond acceptors (Lipinski definition) is 8. The largest absolute Gasteiger partial charge is 0.756 e. The van der Waals surface area contributed by atoms with Gasteiger partial charge in [0.1, 0.15) is 19.8 Å². The molecule has 56 heavy (non-hydrogen) atoms. The van der Waals surface area contributed by atoms with E-state index < -0.39 is 32.5 Å². The molecule has 330 valence electrons. The molecule has 0 heterocycles. The first kappa shape index (κ1) is 54.5. The normalized spacial score (nSPS) is 13.8. The van der Waals surface area contributed by atoms with Gasteiger partial charge >= 0.3 is 11.9 Å². The molecule has 0 fully saturated rings. The highest BCUT2D eigenvalue weighted by atomic mass is 31.2. The summed E-state index contributed by atoms with van der Waals surface area (Å²) in [5, 5.41) is 0. The van der Waals surface area contributed by atoms with Crippen molar-refractivity contribution in [1.29, 1.82) is 0 Å². The third-order valence-electron chi connectivity index (χ3n) is 9.97. The van der Waals surface area contributed by atoms with Crippen molar-refractivity contribution in [1.82, 2.24) is 0 Å². The maximum atomic E-state index is 12.7. The van der Waals surface area contributed by atoms with Crippen LogP contribution in [0.25, 0.3) is 0 Å². The quantitative estimate of drug-likeness (QED) is 0.0197. The second-order valence-electron chi connectivity index (χ2n) is 16.8. The molecule has 0 spiro atoms. The zero-order valence-electron chi connectivity index (χ0n) is 37.1. The van der Waals surface area contributed by atoms with Crippen molar-refractivity contribution in [2.24, 2.45) is 0 Å². The average molecular weight is 814 g/mol. The van der Waals surface area contributed by atoms with Gasteiger partial charge in [0, 0.05) is 12.8 Å². The van der Waals surface area contributed by atoms with E-state index in [1.54, 1.807) is 0 Å². The highest BCUT2D eigenvalue weighted by Gasteiger charge is 2.21. The predicted octanol–water partition coefficient (Wildman–Crippen LogP) is 12.5. The summed E-state index contributed by atoms with van der Waals surface area (Å²) in [5.74, 6) is -0.879. The molecule has 0 aromatic heterocycles. The SMILES string of the molecule is CCCCCCCCCCC/C=C/C/C=C/CCCC(=O)OC[C@H](COP(=O)([O-])OCC[N+](C)(C)C)OC(=O)CCCCCCCCCCCCCCCCC. The molecule has 0 bridgehead atoms. The molecule has 1 unspecified atom stereocenters. The van der Waals surface area contributed by atoms with Gasteiger partial charge in [0.05, 0.1) is 27.7 Å². The van der Waals surface area contributed by atoms with Crippen molar-refractivity contribution in [3.05, 3.63) is 24.3 Å². The number of quaternary nitrogens is 1. The topological polar surface area (TPSA) is 111 Å². The summed E-state index contributed by atoms with van der Waals surface area (Å²) >= 11 is 0. The van der Waals surface area contributed by atoms with Gasteiger partial charge in [-0.1, -0.05) is 179 Å². The highest BCUT2D eigenvalue weighted by Crippen LogP contribution is 2.38. The van der Waals surface area contributed by atoms with Gasteiger partial charge in [-0.2, -0.15) is 0 Å². The molecular weight excluding hydrogens is 725 g/mol. The van der Waals surface area contributed by atoms with Crippen LogP contribution in [0.5, 0.6) is 0 Å². The van der Waals surface area contributed by atoms with Crippen LogP contribution in [0.2, 0.25) is 0 Å². The predicted molar refractivity (Wildman–Crippen MR) is 231 cm³/mol. The van der Waals surface area contributed by atoms with E-state index in [-0.39, 0.29) is 26.1 Å². The Kier molecular flexibility index (Phi) is 37.9. The van der Waals surface area contributed by atoms with Gasteiger partial charge in [-0.25, -0.2) is 0 Å². The van der Waals surface area contributed by atoms with Gasteiger partial charge in [0.15, 0.2) is 6.10 Å². The molecule has 10 heteroatoms. The zero-order valence-corrected chi connectivity index (χ0v) is 38.0. The van der Waals surface area contributed by atoms with Gasteiger partial charge in [-0.15, -0.1) is 0 Å². The summed E-state index contributed by atoms with van der Waals surface area (Å²) in [5.41, 5.74) is 0. The molecule has 0 N–H and O–H groups in total. The number of unbranched alkanes of at least 4 members (excludes halogenated alkanes) is 24. The number of nitrogens with zero attached hydrogens (tertiary/aromatic N) is 1. The van der Waals surface area contributed by atoms with Crippen molar-refractivity contribution < 1.29 is 42.1 Å². The van der Waals surface area contributed by atoms with Crippen molar-refractivity contribution >= 4 is 19.8 Å². The van der Waals surface area contributed by atoms with E-state index in [0.29, 0.717) is 23.9 Å². The van der Waals surface area contributed by atoms with E-state index in [1.165, 1.54) is 128 Å². The van der Waals surface area contributed by atoms with Crippen LogP contribution >= 0.6 is 7.82 Å². The summed E-state index contributed by atoms with van der Waals surface area (Å²) < 4.78 is 33.9. The van der Waals surface area contributed by atoms with Crippen LogP contribution in [0, 0.1) is 0 Å². The number of esters is 2. The van der Waals surface area contributed by atoms with Crippen LogP contribution in [-0.4, -0.2) is 70.0 Å². The van der Waals surface area contributed by atoms with Crippen LogP contribution in [0.4, 0.5) is 0 Å². The molecule has 0 aromatic rings. The lowest BCUT2D eigenvalue weighted by molar-refractivity contribution is -0.870. The summed E-state index contributed by atoms with van der Waals surface area (Å²) in [6.45, 7) is 4.20. The molecule has 9 nitrogen and oxygen atoms in total. The van der Waals surface area contributed by atoms with Crippen molar-refractivity contribution in [2.45, 2.75) is 213 Å². The fraction of sp³-hybridized carbons (Fsp3) is 0.870. The van der Waals surface area contributed by atoms with E-state index >= 15 is 0 Å². The molecule has 0 radical (unpaired) electrons. The Balaban J connectivity index is 4.37. The first-order valence-electron chi connectivity index (χ1n) is 23.0. The van der Waals surface area contributed by atoms with Crippen molar-refractivity contribution in [3.63, 3.8) is 0 Å². The molecule has 0 saturated carbocycles. The van der Waals surface area contributed by atoms with Crippen LogP contribution in [0.1, 0.15) is 206 Å². The molecule has 2 atom stereocenters. The van der Waals surface area contributed by atoms with Gasteiger partial charge in [0.2, 0.25) is 0 Å². The smallest absolute Gasteiger partial charge is 0.306 e. The highest BCUT2D eigenvalue weighted by molar-refractivity contribution is 7.45. The minimum Gasteiger partial charge on any atom is -0.756 e. The number of hydrogen-bond donors (Lipinski definition) is 0. The Morgan fingerprint density at radius 3 is 1.46 bits per heavy atom. The molecule has 0 aliphatic heterocycles. The molecule has 0 aromatic carbocycles. The molecule has 0 amide bonds. The first-order valence-corrected chi connectivity index (χ1v) is 24.5. The van der Waals surface area contributed by atoms with E-state index in [0.717, 1.165) is 38.5 Å². The lowest BCUT2D eigenvalue weighted by Crippen LogP contribution is -2.37. The second-order valence-corrected chi connectivity index (χ2v) is 18.2. The van der Waals surface area contributed by atoms with E-state index in [9.17, 15) is 19.0 Å². The lowest BCUT2D eigenvalue weighted by atomic mass is 10.0. The Hall–Kier alpha value is -1.51. The minimum absolute atomic E-state index is 0.0347. The van der Waals surface area contributed by atoms with Crippen LogP contribution in [-0.2, 0) is 32.7 Å². The fourth-order valence-electron chi connectivity index (χ4n) is 6.34. The monoisotopic (exact) mass is 814 g/mol. The third-order valence-corrected chi connectivity index (χ3v) is 10.9. The van der Waals surface area contributed by atoms with Crippen molar-refractivity contribution in [3.8, 4) is 0 Å². The number of phosphoric acid groups is 1. The molecule has 0 aliphatic rings. The Labute approximate surface area is 345 Å². The molecule has 0 aliphatic carbocycles. The number of ether oxygens (including phenoxy) is 2. The molecule has 0 saturated heterocycles. The van der Waals surface area contributed by atoms with Gasteiger partial charge in [-0.05, 0) is 38.5 Å². The van der Waals surface area contributed by atoms with Crippen LogP contribution in [0.15, 0.2) is 24.3 Å². The number of likely N-dealkylation sites (N-methyl/N-ethyl adjacent to an activating group) is 1. The van der Waals surface area contributed by atoms with E-state index in [1.807, 2.05) is 21.1 Å². The number of carbonyl (C=O) groups excluding carboxylic acids is 2. The first-order chi connectivity index (χ1) is 27.0. The molecule has 0 rings (SSSR count). The third kappa shape index (κ3) is 42.1. The molecular formula is C46H88NO8P. The number of allylic oxidation sites excluding steroid dienone is 4. The minimum atomic E-state index is -4.63. The van der Waals surface area contributed by atoms with Crippen LogP contribution < -0.4 is 4.89 Å². The van der Waals surface area contributed by atoms with Crippen molar-refractivity contribution in [2.75, 3.05) is 47.5 Å². The van der Waals surface area contributed by atoms with E-state index in [4.69, 9.17) is 18.5 Å². The summed E-state index contributed by atoms with van der Waals surface area (Å²) in [4.78, 5) is 37.5. The summed E-state index contributed by atoms with van der Waals surface area (Å²) in [7, 11) is 1.15. The Morgan fingerprint density at radius 1 is 0.554 bits per heavy atom. The maximum Gasteiger partial charge on any atom is 0.306 e. The number of carbonyl (C=O) groups is 2. The summed E-state index contributed by atoms with van der Waals surface area (Å²) in [6, 6.07) is 0. The van der Waals surface area contributed by atoms with Gasteiger partial charge in [0.25, 0.3) is 7.82 Å². The zero-order chi connectivity index (χ0) is 41.4. The second kappa shape index (κ2) is 39.0. The van der Waals surface area contributed by atoms with Crippen LogP contribution in [0.3, 0.4) is 0 Å².